The Hall–Kier alpha value is -2.89. The number of halogens is 1. The molecule has 3 rings (SSSR count). The number of thioether (sulfide) groups is 1. The zero-order valence-electron chi connectivity index (χ0n) is 17.5. The number of nitrogens with one attached hydrogen (secondary N) is 1. The summed E-state index contributed by atoms with van der Waals surface area (Å²) in [6.07, 6.45) is 1.68. The van der Waals surface area contributed by atoms with Crippen molar-refractivity contribution in [2.24, 2.45) is 0 Å². The Balaban J connectivity index is 1.91. The maximum atomic E-state index is 13.1. The zero-order valence-corrected chi connectivity index (χ0v) is 19.8. The lowest BCUT2D eigenvalue weighted by Gasteiger charge is -2.13. The Morgan fingerprint density at radius 1 is 1.19 bits per heavy atom. The van der Waals surface area contributed by atoms with Gasteiger partial charge in [0, 0.05) is 6.07 Å². The van der Waals surface area contributed by atoms with Gasteiger partial charge in [-0.25, -0.2) is 13.1 Å². The van der Waals surface area contributed by atoms with Crippen LogP contribution in [0, 0.1) is 0 Å². The predicted molar refractivity (Wildman–Crippen MR) is 123 cm³/mol. The van der Waals surface area contributed by atoms with Gasteiger partial charge in [0.05, 0.1) is 29.8 Å². The summed E-state index contributed by atoms with van der Waals surface area (Å²) in [6.45, 7) is -0.323. The molecule has 9 nitrogen and oxygen atoms in total. The van der Waals surface area contributed by atoms with E-state index in [0.29, 0.717) is 17.2 Å². The molecule has 0 bridgehead atoms. The van der Waals surface area contributed by atoms with Crippen LogP contribution in [0.5, 0.6) is 11.5 Å². The van der Waals surface area contributed by atoms with Gasteiger partial charge in [-0.3, -0.25) is 4.79 Å². The second kappa shape index (κ2) is 9.72. The van der Waals surface area contributed by atoms with Crippen molar-refractivity contribution in [3.05, 3.63) is 47.5 Å². The van der Waals surface area contributed by atoms with Crippen LogP contribution in [-0.2, 0) is 21.2 Å². The Bertz CT molecular complexity index is 1250. The molecule has 0 saturated heterocycles. The van der Waals surface area contributed by atoms with Crippen molar-refractivity contribution in [2.75, 3.05) is 31.5 Å². The van der Waals surface area contributed by atoms with Gasteiger partial charge in [0.25, 0.3) is 0 Å². The van der Waals surface area contributed by atoms with E-state index in [2.05, 4.69) is 10.4 Å². The summed E-state index contributed by atoms with van der Waals surface area (Å²) in [5, 5.41) is 7.38. The summed E-state index contributed by atoms with van der Waals surface area (Å²) in [7, 11) is -1.02. The van der Waals surface area contributed by atoms with Crippen molar-refractivity contribution < 1.29 is 22.7 Å². The number of amides is 1. The van der Waals surface area contributed by atoms with Crippen LogP contribution in [0.4, 0.5) is 11.5 Å². The van der Waals surface area contributed by atoms with E-state index in [-0.39, 0.29) is 32.2 Å². The van der Waals surface area contributed by atoms with E-state index in [4.69, 9.17) is 26.8 Å². The Labute approximate surface area is 194 Å². The molecule has 170 valence electrons. The summed E-state index contributed by atoms with van der Waals surface area (Å²) < 4.78 is 37.8. The second-order valence-corrected chi connectivity index (χ2v) is 9.52. The van der Waals surface area contributed by atoms with Gasteiger partial charge in [-0.2, -0.15) is 5.10 Å². The molecule has 12 heteroatoms. The minimum absolute atomic E-state index is 0.0867. The molecule has 1 amide bonds. The molecule has 0 fully saturated rings. The quantitative estimate of drug-likeness (QED) is 0.455. The Morgan fingerprint density at radius 3 is 2.44 bits per heavy atom. The van der Waals surface area contributed by atoms with Crippen molar-refractivity contribution >= 4 is 50.6 Å². The number of ether oxygens (including phenoxy) is 2. The number of benzene rings is 2. The summed E-state index contributed by atoms with van der Waals surface area (Å²) in [4.78, 5) is 12.6. The molecule has 3 aromatic rings. The molecular weight excluding hydrogens is 476 g/mol. The molecule has 32 heavy (non-hydrogen) atoms. The minimum atomic E-state index is -3.92. The fourth-order valence-electron chi connectivity index (χ4n) is 2.94. The largest absolute Gasteiger partial charge is 0.495 e. The summed E-state index contributed by atoms with van der Waals surface area (Å²) in [5.74, 6) is 0.0894. The van der Waals surface area contributed by atoms with Crippen LogP contribution in [0.25, 0.3) is 0 Å². The van der Waals surface area contributed by atoms with Gasteiger partial charge >= 0.3 is 0 Å². The van der Waals surface area contributed by atoms with Crippen molar-refractivity contribution in [3.8, 4) is 11.5 Å². The number of anilines is 2. The number of nitrogen functional groups attached to an aromatic ring is 1. The topological polar surface area (TPSA) is 126 Å². The number of rotatable bonds is 8. The third-order valence-electron chi connectivity index (χ3n) is 4.47. The van der Waals surface area contributed by atoms with E-state index in [1.807, 2.05) is 0 Å². The first-order chi connectivity index (χ1) is 15.2. The average molecular weight is 497 g/mol. The SMILES string of the molecule is COc1cc(OC)c(NC(=O)Cn2nc(SC)c(S(=O)(=O)c3ccccc3)c2N)cc1Cl. The van der Waals surface area contributed by atoms with Crippen LogP contribution < -0.4 is 20.5 Å². The predicted octanol–water partition coefficient (Wildman–Crippen LogP) is 3.33. The lowest BCUT2D eigenvalue weighted by Crippen LogP contribution is -2.21. The normalized spacial score (nSPS) is 11.2. The van der Waals surface area contributed by atoms with E-state index in [1.54, 1.807) is 24.5 Å². The lowest BCUT2D eigenvalue weighted by atomic mass is 10.2. The van der Waals surface area contributed by atoms with Gasteiger partial charge < -0.3 is 20.5 Å². The molecule has 0 aliphatic heterocycles. The van der Waals surface area contributed by atoms with E-state index in [1.165, 1.54) is 38.5 Å². The van der Waals surface area contributed by atoms with Crippen molar-refractivity contribution in [1.29, 1.82) is 0 Å². The summed E-state index contributed by atoms with van der Waals surface area (Å²) in [6, 6.07) is 10.9. The third-order valence-corrected chi connectivity index (χ3v) is 7.40. The minimum Gasteiger partial charge on any atom is -0.495 e. The number of methoxy groups -OCH3 is 2. The lowest BCUT2D eigenvalue weighted by molar-refractivity contribution is -0.116. The molecule has 3 N–H and O–H groups in total. The monoisotopic (exact) mass is 496 g/mol. The molecule has 0 aliphatic rings. The Morgan fingerprint density at radius 2 is 1.84 bits per heavy atom. The molecule has 2 aromatic carbocycles. The number of hydrogen-bond donors (Lipinski definition) is 2. The van der Waals surface area contributed by atoms with Gasteiger partial charge in [-0.1, -0.05) is 29.8 Å². The van der Waals surface area contributed by atoms with Gasteiger partial charge in [-0.05, 0) is 24.5 Å². The standard InChI is InChI=1S/C20H21ClN4O5S2/c1-29-15-10-16(30-2)14(9-13(15)21)23-17(26)11-25-19(22)18(20(24-25)31-3)32(27,28)12-7-5-4-6-8-12/h4-10H,11,22H2,1-3H3,(H,23,26). The van der Waals surface area contributed by atoms with Crippen molar-refractivity contribution in [2.45, 2.75) is 21.4 Å². The van der Waals surface area contributed by atoms with Crippen LogP contribution >= 0.6 is 23.4 Å². The van der Waals surface area contributed by atoms with E-state index in [9.17, 15) is 13.2 Å². The second-order valence-electron chi connectivity index (χ2n) is 6.43. The highest BCUT2D eigenvalue weighted by Crippen LogP contribution is 2.36. The van der Waals surface area contributed by atoms with Crippen LogP contribution in [-0.4, -0.2) is 44.6 Å². The highest BCUT2D eigenvalue weighted by Gasteiger charge is 2.29. The number of aromatic nitrogens is 2. The van der Waals surface area contributed by atoms with E-state index in [0.717, 1.165) is 16.4 Å². The van der Waals surface area contributed by atoms with Crippen molar-refractivity contribution in [1.82, 2.24) is 9.78 Å². The zero-order chi connectivity index (χ0) is 23.5. The summed E-state index contributed by atoms with van der Waals surface area (Å²) in [5.41, 5.74) is 6.44. The summed E-state index contributed by atoms with van der Waals surface area (Å²) >= 11 is 7.26. The highest BCUT2D eigenvalue weighted by molar-refractivity contribution is 7.99. The number of hydrogen-bond acceptors (Lipinski definition) is 8. The molecular formula is C20H21ClN4O5S2. The third kappa shape index (κ3) is 4.64. The van der Waals surface area contributed by atoms with Gasteiger partial charge in [-0.15, -0.1) is 11.8 Å². The number of carbonyl (C=O) groups excluding carboxylic acids is 1. The highest BCUT2D eigenvalue weighted by atomic mass is 35.5. The Kier molecular flexibility index (Phi) is 7.22. The fraction of sp³-hybridized carbons (Fsp3) is 0.200. The van der Waals surface area contributed by atoms with Crippen molar-refractivity contribution in [3.63, 3.8) is 0 Å². The van der Waals surface area contributed by atoms with Gasteiger partial charge in [0.1, 0.15) is 33.8 Å². The first-order valence-corrected chi connectivity index (χ1v) is 12.2. The van der Waals surface area contributed by atoms with Gasteiger partial charge in [0.2, 0.25) is 15.7 Å². The molecule has 0 radical (unpaired) electrons. The van der Waals surface area contributed by atoms with Crippen LogP contribution in [0.1, 0.15) is 0 Å². The van der Waals surface area contributed by atoms with Crippen LogP contribution in [0.15, 0.2) is 57.3 Å². The molecule has 0 aliphatic carbocycles. The number of carbonyl (C=O) groups is 1. The van der Waals surface area contributed by atoms with Crippen LogP contribution in [0.2, 0.25) is 5.02 Å². The average Bonchev–Trinajstić information content (AvgIpc) is 3.10. The first kappa shape index (κ1) is 23.8. The fourth-order valence-corrected chi connectivity index (χ4v) is 5.64. The molecule has 0 unspecified atom stereocenters. The molecule has 1 heterocycles. The number of sulfone groups is 1. The molecule has 1 aromatic heterocycles. The maximum Gasteiger partial charge on any atom is 0.246 e. The molecule has 0 spiro atoms. The van der Waals surface area contributed by atoms with E-state index < -0.39 is 15.7 Å². The van der Waals surface area contributed by atoms with E-state index >= 15 is 0 Å². The number of nitrogens with two attached hydrogens (primary N) is 1. The van der Waals surface area contributed by atoms with Gasteiger partial charge in [0.15, 0.2) is 0 Å². The molecule has 0 atom stereocenters. The smallest absolute Gasteiger partial charge is 0.246 e. The van der Waals surface area contributed by atoms with Crippen LogP contribution in [0.3, 0.4) is 0 Å². The first-order valence-electron chi connectivity index (χ1n) is 9.14. The molecule has 0 saturated carbocycles. The number of nitrogens with zero attached hydrogens (tertiary/aromatic N) is 2. The maximum absolute atomic E-state index is 13.1.